The van der Waals surface area contributed by atoms with Crippen molar-refractivity contribution < 1.29 is 9.90 Å². The van der Waals surface area contributed by atoms with Gasteiger partial charge in [-0.05, 0) is 32.1 Å². The monoisotopic (exact) mass is 241 g/mol. The molecule has 0 aromatic heterocycles. The predicted molar refractivity (Wildman–Crippen MR) is 69.7 cm³/mol. The third-order valence-corrected chi connectivity index (χ3v) is 3.65. The van der Waals surface area contributed by atoms with E-state index in [9.17, 15) is 9.90 Å². The Labute approximate surface area is 105 Å². The van der Waals surface area contributed by atoms with E-state index in [4.69, 9.17) is 0 Å². The second kappa shape index (κ2) is 7.00. The average Bonchev–Trinajstić information content (AvgIpc) is 2.28. The van der Waals surface area contributed by atoms with Crippen LogP contribution in [-0.4, -0.2) is 23.2 Å². The predicted octanol–water partition coefficient (Wildman–Crippen LogP) is 2.62. The van der Waals surface area contributed by atoms with Crippen molar-refractivity contribution in [2.45, 2.75) is 70.8 Å². The highest BCUT2D eigenvalue weighted by Crippen LogP contribution is 2.26. The summed E-state index contributed by atoms with van der Waals surface area (Å²) < 4.78 is 0. The van der Waals surface area contributed by atoms with E-state index < -0.39 is 5.60 Å². The Morgan fingerprint density at radius 2 is 2.00 bits per heavy atom. The first-order valence-electron chi connectivity index (χ1n) is 7.02. The maximum Gasteiger partial charge on any atom is 0.220 e. The topological polar surface area (TPSA) is 49.3 Å². The van der Waals surface area contributed by atoms with E-state index in [-0.39, 0.29) is 5.91 Å². The number of nitrogens with one attached hydrogen (secondary N) is 1. The zero-order chi connectivity index (χ0) is 12.7. The van der Waals surface area contributed by atoms with Crippen LogP contribution in [0.5, 0.6) is 0 Å². The van der Waals surface area contributed by atoms with Gasteiger partial charge in [-0.3, -0.25) is 4.79 Å². The summed E-state index contributed by atoms with van der Waals surface area (Å²) in [7, 11) is 0. The van der Waals surface area contributed by atoms with Gasteiger partial charge in [0.25, 0.3) is 0 Å². The molecule has 2 N–H and O–H groups in total. The molecule has 0 heterocycles. The zero-order valence-corrected chi connectivity index (χ0v) is 11.3. The van der Waals surface area contributed by atoms with E-state index in [0.717, 1.165) is 12.8 Å². The smallest absolute Gasteiger partial charge is 0.220 e. The summed E-state index contributed by atoms with van der Waals surface area (Å²) >= 11 is 0. The molecule has 17 heavy (non-hydrogen) atoms. The average molecular weight is 241 g/mol. The van der Waals surface area contributed by atoms with Crippen molar-refractivity contribution in [2.75, 3.05) is 6.54 Å². The molecule has 1 fully saturated rings. The largest absolute Gasteiger partial charge is 0.388 e. The molecule has 1 saturated carbocycles. The summed E-state index contributed by atoms with van der Waals surface area (Å²) in [6.45, 7) is 4.21. The lowest BCUT2D eigenvalue weighted by atomic mass is 9.87. The molecule has 1 aliphatic carbocycles. The van der Waals surface area contributed by atoms with Gasteiger partial charge < -0.3 is 10.4 Å². The lowest BCUT2D eigenvalue weighted by Crippen LogP contribution is -2.41. The zero-order valence-electron chi connectivity index (χ0n) is 11.3. The fraction of sp³-hybridized carbons (Fsp3) is 0.929. The Bertz CT molecular complexity index is 232. The highest BCUT2D eigenvalue weighted by atomic mass is 16.3. The van der Waals surface area contributed by atoms with Crippen LogP contribution in [0.2, 0.25) is 0 Å². The first-order chi connectivity index (χ1) is 8.03. The molecule has 1 unspecified atom stereocenters. The Morgan fingerprint density at radius 1 is 1.35 bits per heavy atom. The molecule has 100 valence electrons. The van der Waals surface area contributed by atoms with Crippen molar-refractivity contribution in [3.8, 4) is 0 Å². The van der Waals surface area contributed by atoms with Crippen molar-refractivity contribution in [3.05, 3.63) is 0 Å². The summed E-state index contributed by atoms with van der Waals surface area (Å²) in [4.78, 5) is 11.7. The van der Waals surface area contributed by atoms with E-state index in [1.54, 1.807) is 6.92 Å². The van der Waals surface area contributed by atoms with Gasteiger partial charge in [0.15, 0.2) is 0 Å². The summed E-state index contributed by atoms with van der Waals surface area (Å²) in [6.07, 6.45) is 8.56. The summed E-state index contributed by atoms with van der Waals surface area (Å²) in [6, 6.07) is 0. The highest BCUT2D eigenvalue weighted by Gasteiger charge is 2.21. The van der Waals surface area contributed by atoms with Gasteiger partial charge in [-0.1, -0.05) is 32.6 Å². The molecule has 1 amide bonds. The number of aliphatic hydroxyl groups is 1. The van der Waals surface area contributed by atoms with Crippen LogP contribution in [0.1, 0.15) is 65.2 Å². The first-order valence-corrected chi connectivity index (χ1v) is 7.02. The molecule has 0 spiro atoms. The summed E-state index contributed by atoms with van der Waals surface area (Å²) in [5.41, 5.74) is -0.753. The number of rotatable bonds is 6. The molecule has 0 radical (unpaired) electrons. The molecule has 1 atom stereocenters. The van der Waals surface area contributed by atoms with Crippen LogP contribution in [0.15, 0.2) is 0 Å². The molecule has 3 nitrogen and oxygen atoms in total. The standard InChI is InChI=1S/C14H27NO2/c1-3-9-14(2,17)11-15-13(16)10-12-7-5-4-6-8-12/h12,17H,3-11H2,1-2H3,(H,15,16). The van der Waals surface area contributed by atoms with Gasteiger partial charge in [-0.25, -0.2) is 0 Å². The van der Waals surface area contributed by atoms with Gasteiger partial charge in [0, 0.05) is 13.0 Å². The van der Waals surface area contributed by atoms with E-state index >= 15 is 0 Å². The number of carbonyl (C=O) groups is 1. The number of hydrogen-bond donors (Lipinski definition) is 2. The molecule has 3 heteroatoms. The summed E-state index contributed by atoms with van der Waals surface area (Å²) in [5.74, 6) is 0.674. The minimum Gasteiger partial charge on any atom is -0.388 e. The van der Waals surface area contributed by atoms with Crippen molar-refractivity contribution in [2.24, 2.45) is 5.92 Å². The molecule has 0 saturated heterocycles. The third-order valence-electron chi connectivity index (χ3n) is 3.65. The van der Waals surface area contributed by atoms with Crippen molar-refractivity contribution in [1.29, 1.82) is 0 Å². The summed E-state index contributed by atoms with van der Waals surface area (Å²) in [5, 5.41) is 12.8. The number of amides is 1. The molecule has 1 aliphatic rings. The maximum absolute atomic E-state index is 11.7. The normalized spacial score (nSPS) is 20.9. The molecule has 1 rings (SSSR count). The van der Waals surface area contributed by atoms with Crippen molar-refractivity contribution in [1.82, 2.24) is 5.32 Å². The van der Waals surface area contributed by atoms with E-state index in [1.807, 2.05) is 6.92 Å². The van der Waals surface area contributed by atoms with Crippen LogP contribution in [0.25, 0.3) is 0 Å². The van der Waals surface area contributed by atoms with Gasteiger partial charge in [0.1, 0.15) is 0 Å². The van der Waals surface area contributed by atoms with Crippen LogP contribution in [-0.2, 0) is 4.79 Å². The maximum atomic E-state index is 11.7. The van der Waals surface area contributed by atoms with Gasteiger partial charge in [-0.15, -0.1) is 0 Å². The van der Waals surface area contributed by atoms with Gasteiger partial charge in [0.05, 0.1) is 5.60 Å². The molecule has 0 aliphatic heterocycles. The van der Waals surface area contributed by atoms with E-state index in [2.05, 4.69) is 5.32 Å². The van der Waals surface area contributed by atoms with Crippen LogP contribution >= 0.6 is 0 Å². The van der Waals surface area contributed by atoms with Gasteiger partial charge >= 0.3 is 0 Å². The van der Waals surface area contributed by atoms with E-state index in [0.29, 0.717) is 18.9 Å². The molecule has 0 aromatic rings. The minimum atomic E-state index is -0.753. The van der Waals surface area contributed by atoms with E-state index in [1.165, 1.54) is 32.1 Å². The first kappa shape index (κ1) is 14.5. The third kappa shape index (κ3) is 6.06. The minimum absolute atomic E-state index is 0.105. The van der Waals surface area contributed by atoms with Crippen LogP contribution in [0.3, 0.4) is 0 Å². The van der Waals surface area contributed by atoms with Crippen molar-refractivity contribution >= 4 is 5.91 Å². The van der Waals surface area contributed by atoms with Crippen LogP contribution in [0, 0.1) is 5.92 Å². The Kier molecular flexibility index (Phi) is 5.96. The molecule has 0 aromatic carbocycles. The quantitative estimate of drug-likeness (QED) is 0.751. The highest BCUT2D eigenvalue weighted by molar-refractivity contribution is 5.76. The van der Waals surface area contributed by atoms with Gasteiger partial charge in [0.2, 0.25) is 5.91 Å². The fourth-order valence-corrected chi connectivity index (χ4v) is 2.64. The molecular formula is C14H27NO2. The molecule has 0 bridgehead atoms. The lowest BCUT2D eigenvalue weighted by molar-refractivity contribution is -0.123. The lowest BCUT2D eigenvalue weighted by Gasteiger charge is -2.25. The Hall–Kier alpha value is -0.570. The SMILES string of the molecule is CCCC(C)(O)CNC(=O)CC1CCCCC1. The second-order valence-corrected chi connectivity index (χ2v) is 5.73. The van der Waals surface area contributed by atoms with Crippen molar-refractivity contribution in [3.63, 3.8) is 0 Å². The fourth-order valence-electron chi connectivity index (χ4n) is 2.64. The number of carbonyl (C=O) groups excluding carboxylic acids is 1. The van der Waals surface area contributed by atoms with Gasteiger partial charge in [-0.2, -0.15) is 0 Å². The Balaban J connectivity index is 2.20. The Morgan fingerprint density at radius 3 is 2.59 bits per heavy atom. The number of hydrogen-bond acceptors (Lipinski definition) is 2. The van der Waals surface area contributed by atoms with Crippen LogP contribution in [0.4, 0.5) is 0 Å². The molecular weight excluding hydrogens is 214 g/mol. The van der Waals surface area contributed by atoms with Crippen LogP contribution < -0.4 is 5.32 Å². The second-order valence-electron chi connectivity index (χ2n) is 5.73.